The van der Waals surface area contributed by atoms with Crippen molar-refractivity contribution in [3.8, 4) is 11.4 Å². The zero-order valence-corrected chi connectivity index (χ0v) is 15.1. The van der Waals surface area contributed by atoms with E-state index in [1.165, 1.54) is 0 Å². The summed E-state index contributed by atoms with van der Waals surface area (Å²) in [6, 6.07) is 17.7. The molecule has 0 aliphatic carbocycles. The summed E-state index contributed by atoms with van der Waals surface area (Å²) in [6.07, 6.45) is 4.87. The Bertz CT molecular complexity index is 858. The van der Waals surface area contributed by atoms with Crippen molar-refractivity contribution in [2.24, 2.45) is 0 Å². The van der Waals surface area contributed by atoms with Gasteiger partial charge in [0.1, 0.15) is 5.75 Å². The first-order valence-corrected chi connectivity index (χ1v) is 8.62. The number of carbonyl (C=O) groups excluding carboxylic acids is 1. The van der Waals surface area contributed by atoms with Gasteiger partial charge >= 0.3 is 0 Å². The number of ether oxygens (including phenoxy) is 1. The number of nitrogens with zero attached hydrogens (tertiary/aromatic N) is 3. The van der Waals surface area contributed by atoms with E-state index < -0.39 is 0 Å². The Hall–Kier alpha value is -3.08. The van der Waals surface area contributed by atoms with E-state index in [2.05, 4.69) is 5.10 Å². The third-order valence-corrected chi connectivity index (χ3v) is 4.30. The van der Waals surface area contributed by atoms with Gasteiger partial charge in [0.25, 0.3) is 0 Å². The van der Waals surface area contributed by atoms with Gasteiger partial charge in [-0.25, -0.2) is 4.68 Å². The molecule has 0 aliphatic rings. The van der Waals surface area contributed by atoms with Crippen molar-refractivity contribution in [3.05, 3.63) is 78.1 Å². The van der Waals surface area contributed by atoms with Crippen molar-refractivity contribution < 1.29 is 9.53 Å². The van der Waals surface area contributed by atoms with E-state index in [0.29, 0.717) is 19.4 Å². The lowest BCUT2D eigenvalue weighted by Crippen LogP contribution is -2.26. The molecule has 0 saturated carbocycles. The maximum Gasteiger partial charge on any atom is 0.222 e. The summed E-state index contributed by atoms with van der Waals surface area (Å²) in [6.45, 7) is 0.539. The van der Waals surface area contributed by atoms with Gasteiger partial charge in [-0.3, -0.25) is 4.79 Å². The molecule has 0 atom stereocenters. The molecule has 134 valence electrons. The average molecular weight is 349 g/mol. The minimum absolute atomic E-state index is 0.100. The van der Waals surface area contributed by atoms with Crippen LogP contribution in [-0.4, -0.2) is 34.7 Å². The number of methoxy groups -OCH3 is 1. The molecule has 5 heteroatoms. The molecule has 2 aromatic carbocycles. The number of hydrogen-bond acceptors (Lipinski definition) is 3. The van der Waals surface area contributed by atoms with E-state index >= 15 is 0 Å². The normalized spacial score (nSPS) is 10.5. The summed E-state index contributed by atoms with van der Waals surface area (Å²) in [5.41, 5.74) is 3.06. The van der Waals surface area contributed by atoms with Crippen LogP contribution in [0.3, 0.4) is 0 Å². The Morgan fingerprint density at radius 3 is 2.62 bits per heavy atom. The molecule has 0 spiro atoms. The predicted octanol–water partition coefficient (Wildman–Crippen LogP) is 3.47. The summed E-state index contributed by atoms with van der Waals surface area (Å²) in [5.74, 6) is 0.926. The molecule has 3 rings (SSSR count). The number of benzene rings is 2. The molecule has 26 heavy (non-hydrogen) atoms. The Labute approximate surface area is 153 Å². The molecule has 0 unspecified atom stereocenters. The molecule has 1 aromatic heterocycles. The zero-order chi connectivity index (χ0) is 18.4. The van der Waals surface area contributed by atoms with E-state index in [9.17, 15) is 4.79 Å². The standard InChI is InChI=1S/C21H23N3O2/c1-23(21(25)13-12-18-8-6-7-11-20(18)26-2)15-17-14-22-24(16-17)19-9-4-3-5-10-19/h3-11,14,16H,12-13,15H2,1-2H3. The molecule has 0 N–H and O–H groups in total. The lowest BCUT2D eigenvalue weighted by molar-refractivity contribution is -0.130. The highest BCUT2D eigenvalue weighted by atomic mass is 16.5. The van der Waals surface area contributed by atoms with E-state index in [4.69, 9.17) is 4.74 Å². The van der Waals surface area contributed by atoms with Gasteiger partial charge in [0.15, 0.2) is 0 Å². The molecule has 0 radical (unpaired) electrons. The molecule has 0 bridgehead atoms. The van der Waals surface area contributed by atoms with Gasteiger partial charge < -0.3 is 9.64 Å². The van der Waals surface area contributed by atoms with E-state index in [0.717, 1.165) is 22.6 Å². The number of rotatable bonds is 7. The summed E-state index contributed by atoms with van der Waals surface area (Å²) in [5, 5.41) is 4.38. The summed E-state index contributed by atoms with van der Waals surface area (Å²) >= 11 is 0. The lowest BCUT2D eigenvalue weighted by Gasteiger charge is -2.16. The van der Waals surface area contributed by atoms with Crippen LogP contribution in [0, 0.1) is 0 Å². The number of carbonyl (C=O) groups is 1. The molecule has 0 aliphatic heterocycles. The first-order chi connectivity index (χ1) is 12.7. The highest BCUT2D eigenvalue weighted by Gasteiger charge is 2.12. The second-order valence-corrected chi connectivity index (χ2v) is 6.19. The van der Waals surface area contributed by atoms with Crippen molar-refractivity contribution >= 4 is 5.91 Å². The summed E-state index contributed by atoms with van der Waals surface area (Å²) < 4.78 is 7.16. The topological polar surface area (TPSA) is 47.4 Å². The molecule has 1 heterocycles. The fraction of sp³-hybridized carbons (Fsp3) is 0.238. The third kappa shape index (κ3) is 4.30. The maximum atomic E-state index is 12.5. The predicted molar refractivity (Wildman–Crippen MR) is 101 cm³/mol. The van der Waals surface area contributed by atoms with Crippen LogP contribution in [0.25, 0.3) is 5.69 Å². The minimum atomic E-state index is 0.100. The van der Waals surface area contributed by atoms with Crippen LogP contribution >= 0.6 is 0 Å². The van der Waals surface area contributed by atoms with Crippen molar-refractivity contribution in [2.75, 3.05) is 14.2 Å². The first-order valence-electron chi connectivity index (χ1n) is 8.62. The second kappa shape index (κ2) is 8.34. The van der Waals surface area contributed by atoms with Crippen molar-refractivity contribution in [3.63, 3.8) is 0 Å². The molecule has 5 nitrogen and oxygen atoms in total. The average Bonchev–Trinajstić information content (AvgIpc) is 3.15. The number of aryl methyl sites for hydroxylation is 1. The molecule has 0 saturated heterocycles. The molecular formula is C21H23N3O2. The lowest BCUT2D eigenvalue weighted by atomic mass is 10.1. The Balaban J connectivity index is 1.57. The number of aromatic nitrogens is 2. The van der Waals surface area contributed by atoms with Gasteiger partial charge in [-0.1, -0.05) is 36.4 Å². The molecule has 3 aromatic rings. The Morgan fingerprint density at radius 2 is 1.85 bits per heavy atom. The van der Waals surface area contributed by atoms with Crippen LogP contribution in [0.4, 0.5) is 0 Å². The monoisotopic (exact) mass is 349 g/mol. The number of hydrogen-bond donors (Lipinski definition) is 0. The van der Waals surface area contributed by atoms with Gasteiger partial charge in [-0.15, -0.1) is 0 Å². The smallest absolute Gasteiger partial charge is 0.222 e. The van der Waals surface area contributed by atoms with Crippen LogP contribution in [-0.2, 0) is 17.8 Å². The van der Waals surface area contributed by atoms with Gasteiger partial charge in [0.2, 0.25) is 5.91 Å². The van der Waals surface area contributed by atoms with Crippen LogP contribution in [0.5, 0.6) is 5.75 Å². The largest absolute Gasteiger partial charge is 0.496 e. The van der Waals surface area contributed by atoms with Gasteiger partial charge in [0.05, 0.1) is 19.0 Å². The second-order valence-electron chi connectivity index (χ2n) is 6.19. The van der Waals surface area contributed by atoms with Gasteiger partial charge in [-0.05, 0) is 30.2 Å². The number of amides is 1. The highest BCUT2D eigenvalue weighted by molar-refractivity contribution is 5.76. The number of para-hydroxylation sites is 2. The summed E-state index contributed by atoms with van der Waals surface area (Å²) in [7, 11) is 3.47. The minimum Gasteiger partial charge on any atom is -0.496 e. The highest BCUT2D eigenvalue weighted by Crippen LogP contribution is 2.19. The summed E-state index contributed by atoms with van der Waals surface area (Å²) in [4.78, 5) is 14.2. The maximum absolute atomic E-state index is 12.5. The van der Waals surface area contributed by atoms with E-state index in [-0.39, 0.29) is 5.91 Å². The van der Waals surface area contributed by atoms with Crippen LogP contribution in [0.1, 0.15) is 17.5 Å². The van der Waals surface area contributed by atoms with E-state index in [1.54, 1.807) is 18.2 Å². The quantitative estimate of drug-likeness (QED) is 0.656. The molecule has 0 fully saturated rings. The molecular weight excluding hydrogens is 326 g/mol. The Morgan fingerprint density at radius 1 is 1.12 bits per heavy atom. The fourth-order valence-corrected chi connectivity index (χ4v) is 2.87. The Kier molecular flexibility index (Phi) is 5.69. The SMILES string of the molecule is COc1ccccc1CCC(=O)N(C)Cc1cnn(-c2ccccc2)c1. The van der Waals surface area contributed by atoms with Crippen LogP contribution < -0.4 is 4.74 Å². The van der Waals surface area contributed by atoms with E-state index in [1.807, 2.05) is 72.5 Å². The fourth-order valence-electron chi connectivity index (χ4n) is 2.87. The third-order valence-electron chi connectivity index (χ3n) is 4.30. The van der Waals surface area contributed by atoms with Crippen LogP contribution in [0.15, 0.2) is 67.0 Å². The zero-order valence-electron chi connectivity index (χ0n) is 15.1. The van der Waals surface area contributed by atoms with Crippen molar-refractivity contribution in [1.82, 2.24) is 14.7 Å². The van der Waals surface area contributed by atoms with Crippen molar-refractivity contribution in [1.29, 1.82) is 0 Å². The first kappa shape index (κ1) is 17.7. The molecule has 1 amide bonds. The van der Waals surface area contributed by atoms with Gasteiger partial charge in [0, 0.05) is 31.8 Å². The van der Waals surface area contributed by atoms with Gasteiger partial charge in [-0.2, -0.15) is 5.10 Å². The van der Waals surface area contributed by atoms with Crippen LogP contribution in [0.2, 0.25) is 0 Å². The van der Waals surface area contributed by atoms with Crippen molar-refractivity contribution in [2.45, 2.75) is 19.4 Å².